The van der Waals surface area contributed by atoms with Gasteiger partial charge in [-0.1, -0.05) is 17.4 Å². The van der Waals surface area contributed by atoms with Crippen molar-refractivity contribution >= 4 is 29.3 Å². The number of esters is 1. The van der Waals surface area contributed by atoms with Crippen LogP contribution in [-0.2, 0) is 14.3 Å². The monoisotopic (exact) mass is 623 g/mol. The Bertz CT molecular complexity index is 1750. The van der Waals surface area contributed by atoms with Crippen LogP contribution in [0.25, 0.3) is 6.08 Å². The summed E-state index contributed by atoms with van der Waals surface area (Å²) < 4.78 is 29.1. The Kier molecular flexibility index (Phi) is 10.5. The molecule has 12 heteroatoms. The van der Waals surface area contributed by atoms with Crippen LogP contribution in [0.3, 0.4) is 0 Å². The van der Waals surface area contributed by atoms with Gasteiger partial charge in [-0.15, -0.1) is 0 Å². The van der Waals surface area contributed by atoms with Crippen LogP contribution < -0.4 is 33.8 Å². The van der Waals surface area contributed by atoms with Gasteiger partial charge >= 0.3 is 5.97 Å². The highest BCUT2D eigenvalue weighted by molar-refractivity contribution is 7.07. The Balaban J connectivity index is 1.88. The van der Waals surface area contributed by atoms with Crippen LogP contribution >= 0.6 is 11.3 Å². The second kappa shape index (κ2) is 14.3. The zero-order valence-corrected chi connectivity index (χ0v) is 26.8. The fraction of sp³-hybridized carbons (Fsp3) is 0.375. The number of nitrogens with zero attached hydrogens (tertiary/aromatic N) is 3. The van der Waals surface area contributed by atoms with Crippen molar-refractivity contribution in [3.05, 3.63) is 78.5 Å². The summed E-state index contributed by atoms with van der Waals surface area (Å²) in [6.07, 6.45) is 1.73. The van der Waals surface area contributed by atoms with Crippen LogP contribution in [0, 0.1) is 0 Å². The second-order valence-corrected chi connectivity index (χ2v) is 10.7. The standard InChI is InChI=1S/C32H37N3O8S/c1-8-34(9-2)31(38)28-19(4)33-32-35(29(28)22-17-21(39-5)12-14-23(22)40-6)30(37)26(44-32)16-20-11-13-24(25(15-20)41-7)43-18-27(36)42-10-3/h11-17,29H,8-10,18H2,1-7H3/b26-16+/t29-/m1/s1. The molecule has 44 heavy (non-hydrogen) atoms. The number of ether oxygens (including phenoxy) is 5. The highest BCUT2D eigenvalue weighted by atomic mass is 32.1. The summed E-state index contributed by atoms with van der Waals surface area (Å²) in [6, 6.07) is 9.63. The molecule has 0 saturated heterocycles. The third-order valence-corrected chi connectivity index (χ3v) is 8.15. The molecular formula is C32H37N3O8S. The van der Waals surface area contributed by atoms with E-state index >= 15 is 0 Å². The van der Waals surface area contributed by atoms with Gasteiger partial charge in [-0.2, -0.15) is 0 Å². The van der Waals surface area contributed by atoms with Gasteiger partial charge in [0.2, 0.25) is 0 Å². The number of fused-ring (bicyclic) bond motifs is 1. The number of thiazole rings is 1. The normalized spacial score (nSPS) is 14.4. The molecule has 11 nitrogen and oxygen atoms in total. The van der Waals surface area contributed by atoms with Crippen LogP contribution in [0.5, 0.6) is 23.0 Å². The molecule has 0 saturated carbocycles. The first-order valence-corrected chi connectivity index (χ1v) is 15.0. The average molecular weight is 624 g/mol. The van der Waals surface area contributed by atoms with Gasteiger partial charge in [0.05, 0.1) is 43.7 Å². The molecule has 0 spiro atoms. The Labute approximate surface area is 259 Å². The number of hydrogen-bond acceptors (Lipinski definition) is 10. The number of amides is 1. The fourth-order valence-corrected chi connectivity index (χ4v) is 6.05. The van der Waals surface area contributed by atoms with E-state index in [1.165, 1.54) is 18.4 Å². The van der Waals surface area contributed by atoms with E-state index in [4.69, 9.17) is 28.7 Å². The first kappa shape index (κ1) is 32.3. The van der Waals surface area contributed by atoms with Crippen molar-refractivity contribution in [2.45, 2.75) is 33.7 Å². The lowest BCUT2D eigenvalue weighted by Crippen LogP contribution is -2.43. The van der Waals surface area contributed by atoms with E-state index in [2.05, 4.69) is 0 Å². The Morgan fingerprint density at radius 1 is 0.977 bits per heavy atom. The third kappa shape index (κ3) is 6.49. The summed E-state index contributed by atoms with van der Waals surface area (Å²) in [5.41, 5.74) is 1.87. The highest BCUT2D eigenvalue weighted by Crippen LogP contribution is 2.38. The van der Waals surface area contributed by atoms with Gasteiger partial charge in [-0.25, -0.2) is 9.79 Å². The topological polar surface area (TPSA) is 118 Å². The first-order valence-electron chi connectivity index (χ1n) is 14.2. The van der Waals surface area contributed by atoms with E-state index in [1.54, 1.807) is 80.0 Å². The number of methoxy groups -OCH3 is 3. The number of benzene rings is 2. The minimum Gasteiger partial charge on any atom is -0.497 e. The predicted octanol–water partition coefficient (Wildman–Crippen LogP) is 3.07. The van der Waals surface area contributed by atoms with Crippen LogP contribution in [0.4, 0.5) is 0 Å². The van der Waals surface area contributed by atoms with Gasteiger partial charge in [0.15, 0.2) is 22.9 Å². The van der Waals surface area contributed by atoms with Crippen molar-refractivity contribution in [1.29, 1.82) is 0 Å². The minimum absolute atomic E-state index is 0.205. The van der Waals surface area contributed by atoms with Crippen molar-refractivity contribution < 1.29 is 33.3 Å². The lowest BCUT2D eigenvalue weighted by atomic mass is 9.93. The lowest BCUT2D eigenvalue weighted by molar-refractivity contribution is -0.145. The smallest absolute Gasteiger partial charge is 0.344 e. The van der Waals surface area contributed by atoms with Gasteiger partial charge in [-0.05, 0) is 69.7 Å². The zero-order valence-electron chi connectivity index (χ0n) is 26.0. The van der Waals surface area contributed by atoms with E-state index in [1.807, 2.05) is 13.8 Å². The summed E-state index contributed by atoms with van der Waals surface area (Å²) >= 11 is 1.22. The van der Waals surface area contributed by atoms with Crippen LogP contribution in [0.15, 0.2) is 57.5 Å². The molecule has 2 heterocycles. The molecule has 0 unspecified atom stereocenters. The van der Waals surface area contributed by atoms with Gasteiger partial charge in [-0.3, -0.25) is 14.2 Å². The Hall–Kier alpha value is -4.58. The first-order chi connectivity index (χ1) is 21.2. The summed E-state index contributed by atoms with van der Waals surface area (Å²) in [7, 11) is 4.59. The van der Waals surface area contributed by atoms with Crippen molar-refractivity contribution in [3.8, 4) is 23.0 Å². The molecule has 0 bridgehead atoms. The largest absolute Gasteiger partial charge is 0.497 e. The van der Waals surface area contributed by atoms with E-state index in [9.17, 15) is 14.4 Å². The molecule has 2 aromatic carbocycles. The van der Waals surface area contributed by atoms with Crippen molar-refractivity contribution in [2.75, 3.05) is 47.6 Å². The molecule has 234 valence electrons. The van der Waals surface area contributed by atoms with Gasteiger partial charge < -0.3 is 28.6 Å². The SMILES string of the molecule is CCOC(=O)COc1ccc(/C=c2/sc3n(c2=O)[C@H](c2cc(OC)ccc2OC)C(C(=O)N(CC)CC)=C(C)N=3)cc1OC. The Morgan fingerprint density at radius 3 is 2.32 bits per heavy atom. The number of aromatic nitrogens is 1. The maximum Gasteiger partial charge on any atom is 0.344 e. The maximum absolute atomic E-state index is 14.2. The van der Waals surface area contributed by atoms with Crippen molar-refractivity contribution in [2.24, 2.45) is 4.99 Å². The number of hydrogen-bond donors (Lipinski definition) is 0. The molecule has 1 aliphatic rings. The molecule has 1 aromatic heterocycles. The van der Waals surface area contributed by atoms with E-state index in [-0.39, 0.29) is 24.7 Å². The van der Waals surface area contributed by atoms with E-state index in [0.717, 1.165) is 0 Å². The number of rotatable bonds is 12. The summed E-state index contributed by atoms with van der Waals surface area (Å²) in [4.78, 5) is 46.7. The summed E-state index contributed by atoms with van der Waals surface area (Å²) in [5, 5.41) is 0. The molecule has 4 rings (SSSR count). The second-order valence-electron chi connectivity index (χ2n) is 9.67. The quantitative estimate of drug-likeness (QED) is 0.283. The molecule has 1 amide bonds. The summed E-state index contributed by atoms with van der Waals surface area (Å²) in [5.74, 6) is 1.12. The fourth-order valence-electron chi connectivity index (χ4n) is 5.01. The highest BCUT2D eigenvalue weighted by Gasteiger charge is 2.36. The van der Waals surface area contributed by atoms with Crippen LogP contribution in [0.1, 0.15) is 44.9 Å². The van der Waals surface area contributed by atoms with Gasteiger partial charge in [0.1, 0.15) is 17.5 Å². The molecule has 0 aliphatic carbocycles. The zero-order chi connectivity index (χ0) is 32.0. The number of carbonyl (C=O) groups excluding carboxylic acids is 2. The van der Waals surface area contributed by atoms with Crippen molar-refractivity contribution in [1.82, 2.24) is 9.47 Å². The predicted molar refractivity (Wildman–Crippen MR) is 166 cm³/mol. The summed E-state index contributed by atoms with van der Waals surface area (Å²) in [6.45, 7) is 8.32. The molecule has 0 fully saturated rings. The lowest BCUT2D eigenvalue weighted by Gasteiger charge is -2.30. The number of allylic oxidation sites excluding steroid dienone is 1. The Morgan fingerprint density at radius 2 is 1.68 bits per heavy atom. The number of carbonyl (C=O) groups is 2. The van der Waals surface area contributed by atoms with Gasteiger partial charge in [0, 0.05) is 18.7 Å². The van der Waals surface area contributed by atoms with Crippen LogP contribution in [-0.4, -0.2) is 69.0 Å². The van der Waals surface area contributed by atoms with Gasteiger partial charge in [0.25, 0.3) is 11.5 Å². The van der Waals surface area contributed by atoms with E-state index in [0.29, 0.717) is 67.8 Å². The molecule has 1 atom stereocenters. The average Bonchev–Trinajstić information content (AvgIpc) is 3.33. The van der Waals surface area contributed by atoms with E-state index < -0.39 is 12.0 Å². The molecule has 3 aromatic rings. The van der Waals surface area contributed by atoms with Crippen molar-refractivity contribution in [3.63, 3.8) is 0 Å². The minimum atomic E-state index is -0.806. The molecule has 0 N–H and O–H groups in total. The number of likely N-dealkylation sites (N-methyl/N-ethyl adjacent to an activating group) is 1. The molecule has 1 aliphatic heterocycles. The molecule has 0 radical (unpaired) electrons. The van der Waals surface area contributed by atoms with Crippen LogP contribution in [0.2, 0.25) is 0 Å². The maximum atomic E-state index is 14.2. The molecular weight excluding hydrogens is 586 g/mol. The third-order valence-electron chi connectivity index (χ3n) is 7.17.